The number of carboxylic acid groups (broad SMARTS) is 1. The summed E-state index contributed by atoms with van der Waals surface area (Å²) in [5.74, 6) is -0.204. The first-order valence-electron chi connectivity index (χ1n) is 5.48. The Morgan fingerprint density at radius 3 is 2.81 bits per heavy atom. The number of nitrogens with one attached hydrogen (secondary N) is 1. The molecule has 2 heterocycles. The molecular formula is C10H16N4O2. The molecule has 1 saturated heterocycles. The lowest BCUT2D eigenvalue weighted by Gasteiger charge is -2.28. The van der Waals surface area contributed by atoms with Crippen LogP contribution in [0.1, 0.15) is 17.4 Å². The number of aromatic carboxylic acids is 1. The Morgan fingerprint density at radius 1 is 1.56 bits per heavy atom. The summed E-state index contributed by atoms with van der Waals surface area (Å²) in [6.45, 7) is 6.29. The van der Waals surface area contributed by atoms with Crippen molar-refractivity contribution in [1.29, 1.82) is 0 Å². The summed E-state index contributed by atoms with van der Waals surface area (Å²) in [6, 6.07) is 0. The zero-order chi connectivity index (χ0) is 11.5. The standard InChI is InChI=1S/C10H16N4O2/c1-2-13-7-8(9(15)16)12-10(13)14-5-3-11-4-6-14/h7,11H,2-6H2,1H3,(H,15,16). The normalized spacial score (nSPS) is 16.4. The number of piperazine rings is 1. The van der Waals surface area contributed by atoms with E-state index in [1.165, 1.54) is 0 Å². The fourth-order valence-corrected chi connectivity index (χ4v) is 1.86. The zero-order valence-corrected chi connectivity index (χ0v) is 9.31. The number of aryl methyl sites for hydroxylation is 1. The van der Waals surface area contributed by atoms with Crippen LogP contribution in [-0.2, 0) is 6.54 Å². The molecule has 1 aliphatic rings. The van der Waals surface area contributed by atoms with Crippen LogP contribution in [0.4, 0.5) is 5.95 Å². The van der Waals surface area contributed by atoms with Crippen molar-refractivity contribution < 1.29 is 9.90 Å². The fraction of sp³-hybridized carbons (Fsp3) is 0.600. The van der Waals surface area contributed by atoms with Crippen LogP contribution < -0.4 is 10.2 Å². The number of aromatic nitrogens is 2. The van der Waals surface area contributed by atoms with E-state index in [4.69, 9.17) is 5.11 Å². The number of hydrogen-bond acceptors (Lipinski definition) is 4. The van der Waals surface area contributed by atoms with Gasteiger partial charge in [0.25, 0.3) is 0 Å². The van der Waals surface area contributed by atoms with Crippen LogP contribution in [0.5, 0.6) is 0 Å². The molecule has 0 spiro atoms. The first-order valence-corrected chi connectivity index (χ1v) is 5.48. The van der Waals surface area contributed by atoms with E-state index < -0.39 is 5.97 Å². The number of rotatable bonds is 3. The fourth-order valence-electron chi connectivity index (χ4n) is 1.86. The summed E-state index contributed by atoms with van der Waals surface area (Å²) in [7, 11) is 0. The van der Waals surface area contributed by atoms with E-state index in [1.54, 1.807) is 6.20 Å². The predicted molar refractivity (Wildman–Crippen MR) is 59.9 cm³/mol. The molecular weight excluding hydrogens is 208 g/mol. The van der Waals surface area contributed by atoms with Crippen LogP contribution in [-0.4, -0.2) is 46.8 Å². The van der Waals surface area contributed by atoms with Gasteiger partial charge in [-0.25, -0.2) is 9.78 Å². The summed E-state index contributed by atoms with van der Waals surface area (Å²) in [4.78, 5) is 17.1. The van der Waals surface area contributed by atoms with E-state index in [9.17, 15) is 4.79 Å². The average molecular weight is 224 g/mol. The Hall–Kier alpha value is -1.56. The maximum absolute atomic E-state index is 10.9. The lowest BCUT2D eigenvalue weighted by atomic mass is 10.4. The molecule has 1 aromatic heterocycles. The van der Waals surface area contributed by atoms with Crippen LogP contribution in [0.2, 0.25) is 0 Å². The minimum absolute atomic E-state index is 0.121. The zero-order valence-electron chi connectivity index (χ0n) is 9.31. The highest BCUT2D eigenvalue weighted by molar-refractivity contribution is 5.85. The van der Waals surface area contributed by atoms with Gasteiger partial charge in [0.05, 0.1) is 0 Å². The van der Waals surface area contributed by atoms with Gasteiger partial charge in [0.1, 0.15) is 0 Å². The SMILES string of the molecule is CCn1cc(C(=O)O)nc1N1CCNCC1. The third kappa shape index (κ3) is 2.01. The van der Waals surface area contributed by atoms with Gasteiger partial charge in [-0.1, -0.05) is 0 Å². The van der Waals surface area contributed by atoms with Crippen molar-refractivity contribution in [2.45, 2.75) is 13.5 Å². The lowest BCUT2D eigenvalue weighted by molar-refractivity contribution is 0.0691. The van der Waals surface area contributed by atoms with Crippen molar-refractivity contribution in [3.05, 3.63) is 11.9 Å². The molecule has 1 fully saturated rings. The van der Waals surface area contributed by atoms with Gasteiger partial charge in [0.2, 0.25) is 5.95 Å². The highest BCUT2D eigenvalue weighted by Crippen LogP contribution is 2.15. The van der Waals surface area contributed by atoms with Gasteiger partial charge in [-0.3, -0.25) is 0 Å². The second-order valence-corrected chi connectivity index (χ2v) is 3.75. The Labute approximate surface area is 93.9 Å². The molecule has 0 bridgehead atoms. The molecule has 0 aliphatic carbocycles. The first kappa shape index (κ1) is 10.9. The molecule has 0 radical (unpaired) electrons. The second kappa shape index (κ2) is 4.52. The van der Waals surface area contributed by atoms with Crippen LogP contribution >= 0.6 is 0 Å². The third-order valence-electron chi connectivity index (χ3n) is 2.72. The van der Waals surface area contributed by atoms with Crippen molar-refractivity contribution in [3.8, 4) is 0 Å². The monoisotopic (exact) mass is 224 g/mol. The van der Waals surface area contributed by atoms with Crippen molar-refractivity contribution in [2.24, 2.45) is 0 Å². The van der Waals surface area contributed by atoms with E-state index in [0.717, 1.165) is 38.7 Å². The number of anilines is 1. The quantitative estimate of drug-likeness (QED) is 0.757. The minimum Gasteiger partial charge on any atom is -0.476 e. The number of carboxylic acids is 1. The minimum atomic E-state index is -0.969. The Kier molecular flexibility index (Phi) is 3.09. The van der Waals surface area contributed by atoms with Gasteiger partial charge in [0.15, 0.2) is 5.69 Å². The van der Waals surface area contributed by atoms with Gasteiger partial charge >= 0.3 is 5.97 Å². The van der Waals surface area contributed by atoms with Gasteiger partial charge in [-0.2, -0.15) is 0 Å². The second-order valence-electron chi connectivity index (χ2n) is 3.75. The molecule has 6 nitrogen and oxygen atoms in total. The Bertz CT molecular complexity index is 382. The number of imidazole rings is 1. The Balaban J connectivity index is 2.26. The van der Waals surface area contributed by atoms with Gasteiger partial charge in [0, 0.05) is 38.9 Å². The maximum atomic E-state index is 10.9. The molecule has 0 unspecified atom stereocenters. The molecule has 0 aromatic carbocycles. The summed E-state index contributed by atoms with van der Waals surface area (Å²) < 4.78 is 1.88. The van der Waals surface area contributed by atoms with Gasteiger partial charge in [-0.05, 0) is 6.92 Å². The number of carbonyl (C=O) groups is 1. The number of hydrogen-bond donors (Lipinski definition) is 2. The van der Waals surface area contributed by atoms with Crippen molar-refractivity contribution >= 4 is 11.9 Å². The van der Waals surface area contributed by atoms with Crippen LogP contribution in [0.25, 0.3) is 0 Å². The van der Waals surface area contributed by atoms with E-state index in [1.807, 2.05) is 11.5 Å². The third-order valence-corrected chi connectivity index (χ3v) is 2.72. The molecule has 16 heavy (non-hydrogen) atoms. The summed E-state index contributed by atoms with van der Waals surface area (Å²) >= 11 is 0. The van der Waals surface area contributed by atoms with Crippen molar-refractivity contribution in [2.75, 3.05) is 31.1 Å². The van der Waals surface area contributed by atoms with E-state index >= 15 is 0 Å². The summed E-state index contributed by atoms with van der Waals surface area (Å²) in [5.41, 5.74) is 0.121. The molecule has 2 rings (SSSR count). The van der Waals surface area contributed by atoms with Gasteiger partial charge < -0.3 is 19.9 Å². The molecule has 1 aromatic rings. The van der Waals surface area contributed by atoms with Crippen LogP contribution in [0.15, 0.2) is 6.20 Å². The molecule has 0 amide bonds. The number of nitrogens with zero attached hydrogens (tertiary/aromatic N) is 3. The van der Waals surface area contributed by atoms with Crippen molar-refractivity contribution in [1.82, 2.24) is 14.9 Å². The molecule has 6 heteroatoms. The lowest BCUT2D eigenvalue weighted by Crippen LogP contribution is -2.44. The maximum Gasteiger partial charge on any atom is 0.356 e. The molecule has 88 valence electrons. The summed E-state index contributed by atoms with van der Waals surface area (Å²) in [5, 5.41) is 12.2. The van der Waals surface area contributed by atoms with E-state index in [-0.39, 0.29) is 5.69 Å². The topological polar surface area (TPSA) is 70.4 Å². The highest BCUT2D eigenvalue weighted by Gasteiger charge is 2.19. The molecule has 0 atom stereocenters. The molecule has 0 saturated carbocycles. The smallest absolute Gasteiger partial charge is 0.356 e. The van der Waals surface area contributed by atoms with E-state index in [2.05, 4.69) is 15.2 Å². The average Bonchev–Trinajstić information content (AvgIpc) is 2.74. The highest BCUT2D eigenvalue weighted by atomic mass is 16.4. The molecule has 2 N–H and O–H groups in total. The largest absolute Gasteiger partial charge is 0.476 e. The first-order chi connectivity index (χ1) is 7.72. The van der Waals surface area contributed by atoms with Crippen molar-refractivity contribution in [3.63, 3.8) is 0 Å². The van der Waals surface area contributed by atoms with Crippen LogP contribution in [0.3, 0.4) is 0 Å². The summed E-state index contributed by atoms with van der Waals surface area (Å²) in [6.07, 6.45) is 1.60. The predicted octanol–water partition coefficient (Wildman–Crippen LogP) is 0.0108. The Morgan fingerprint density at radius 2 is 2.25 bits per heavy atom. The van der Waals surface area contributed by atoms with Crippen LogP contribution in [0, 0.1) is 0 Å². The molecule has 1 aliphatic heterocycles. The van der Waals surface area contributed by atoms with Gasteiger partial charge in [-0.15, -0.1) is 0 Å². The van der Waals surface area contributed by atoms with E-state index in [0.29, 0.717) is 0 Å².